The molecule has 2 aromatic heterocycles. The molecular weight excluding hydrogens is 267 g/mol. The Bertz CT molecular complexity index is 429. The van der Waals surface area contributed by atoms with Crippen molar-refractivity contribution in [2.75, 3.05) is 5.73 Å². The third-order valence-electron chi connectivity index (χ3n) is 1.58. The summed E-state index contributed by atoms with van der Waals surface area (Å²) in [6.07, 6.45) is 5.17. The average Bonchev–Trinajstić information content (AvgIpc) is 2.53. The van der Waals surface area contributed by atoms with Crippen LogP contribution in [0.1, 0.15) is 0 Å². The molecule has 0 saturated carbocycles. The lowest BCUT2D eigenvalue weighted by Gasteiger charge is -2.01. The van der Waals surface area contributed by atoms with Crippen LogP contribution in [0, 0.1) is 0 Å². The molecule has 0 aliphatic heterocycles. The van der Waals surface area contributed by atoms with Gasteiger partial charge in [0.1, 0.15) is 0 Å². The summed E-state index contributed by atoms with van der Waals surface area (Å²) in [4.78, 5) is 4.12. The Hall–Kier alpha value is -1.07. The first-order valence-electron chi connectivity index (χ1n) is 3.68. The van der Waals surface area contributed by atoms with Gasteiger partial charge < -0.3 is 5.73 Å². The summed E-state index contributed by atoms with van der Waals surface area (Å²) >= 11 is 3.30. The fourth-order valence-electron chi connectivity index (χ4n) is 1.02. The van der Waals surface area contributed by atoms with Crippen molar-refractivity contribution >= 4 is 34.0 Å². The molecule has 0 atom stereocenters. The standard InChI is InChI=1S/C8H7BrN4.ClH/c9-6-4-12-13(5-6)8-7(10)2-1-3-11-8;/h1-5H,10H2;1H. The van der Waals surface area contributed by atoms with Crippen molar-refractivity contribution in [1.82, 2.24) is 14.8 Å². The first kappa shape index (κ1) is 11.0. The van der Waals surface area contributed by atoms with E-state index in [-0.39, 0.29) is 12.4 Å². The number of rotatable bonds is 1. The molecule has 2 heterocycles. The van der Waals surface area contributed by atoms with Crippen LogP contribution in [-0.2, 0) is 0 Å². The van der Waals surface area contributed by atoms with Crippen LogP contribution < -0.4 is 5.73 Å². The number of halogens is 2. The van der Waals surface area contributed by atoms with Crippen molar-refractivity contribution in [3.63, 3.8) is 0 Å². The molecule has 14 heavy (non-hydrogen) atoms. The largest absolute Gasteiger partial charge is 0.396 e. The predicted molar refractivity (Wildman–Crippen MR) is 60.7 cm³/mol. The molecule has 74 valence electrons. The van der Waals surface area contributed by atoms with E-state index >= 15 is 0 Å². The van der Waals surface area contributed by atoms with Crippen LogP contribution in [0.3, 0.4) is 0 Å². The van der Waals surface area contributed by atoms with E-state index in [9.17, 15) is 0 Å². The van der Waals surface area contributed by atoms with Gasteiger partial charge in [0.25, 0.3) is 0 Å². The van der Waals surface area contributed by atoms with Gasteiger partial charge in [-0.05, 0) is 28.1 Å². The molecular formula is C8H8BrClN4. The maximum atomic E-state index is 5.72. The summed E-state index contributed by atoms with van der Waals surface area (Å²) in [6, 6.07) is 3.58. The highest BCUT2D eigenvalue weighted by molar-refractivity contribution is 9.10. The van der Waals surface area contributed by atoms with Crippen molar-refractivity contribution in [2.24, 2.45) is 0 Å². The van der Waals surface area contributed by atoms with Crippen molar-refractivity contribution in [1.29, 1.82) is 0 Å². The van der Waals surface area contributed by atoms with Gasteiger partial charge in [0.05, 0.1) is 16.4 Å². The lowest BCUT2D eigenvalue weighted by atomic mass is 10.4. The van der Waals surface area contributed by atoms with Crippen LogP contribution in [0.5, 0.6) is 0 Å². The maximum absolute atomic E-state index is 5.72. The van der Waals surface area contributed by atoms with E-state index in [0.717, 1.165) is 4.47 Å². The molecule has 4 nitrogen and oxygen atoms in total. The van der Waals surface area contributed by atoms with Crippen LogP contribution in [0.4, 0.5) is 5.69 Å². The highest BCUT2D eigenvalue weighted by Gasteiger charge is 2.02. The summed E-state index contributed by atoms with van der Waals surface area (Å²) in [5.74, 6) is 0.646. The van der Waals surface area contributed by atoms with Crippen LogP contribution in [0.15, 0.2) is 35.2 Å². The van der Waals surface area contributed by atoms with Crippen molar-refractivity contribution in [3.05, 3.63) is 35.2 Å². The lowest BCUT2D eigenvalue weighted by molar-refractivity contribution is 0.850. The van der Waals surface area contributed by atoms with E-state index in [1.165, 1.54) is 0 Å². The number of pyridine rings is 1. The highest BCUT2D eigenvalue weighted by atomic mass is 79.9. The number of hydrogen-bond donors (Lipinski definition) is 1. The summed E-state index contributed by atoms with van der Waals surface area (Å²) < 4.78 is 2.52. The van der Waals surface area contributed by atoms with Gasteiger partial charge in [-0.25, -0.2) is 9.67 Å². The van der Waals surface area contributed by atoms with E-state index in [0.29, 0.717) is 11.5 Å². The van der Waals surface area contributed by atoms with Crippen LogP contribution in [-0.4, -0.2) is 14.8 Å². The van der Waals surface area contributed by atoms with Crippen LogP contribution >= 0.6 is 28.3 Å². The van der Waals surface area contributed by atoms with Crippen molar-refractivity contribution in [3.8, 4) is 5.82 Å². The van der Waals surface area contributed by atoms with E-state index < -0.39 is 0 Å². The lowest BCUT2D eigenvalue weighted by Crippen LogP contribution is -2.02. The van der Waals surface area contributed by atoms with Gasteiger partial charge in [0.2, 0.25) is 0 Å². The van der Waals surface area contributed by atoms with Crippen molar-refractivity contribution < 1.29 is 0 Å². The maximum Gasteiger partial charge on any atom is 0.176 e. The number of nitrogen functional groups attached to an aromatic ring is 1. The third kappa shape index (κ3) is 2.05. The van der Waals surface area contributed by atoms with Gasteiger partial charge in [-0.1, -0.05) is 0 Å². The minimum Gasteiger partial charge on any atom is -0.396 e. The first-order chi connectivity index (χ1) is 6.27. The number of hydrogen-bond acceptors (Lipinski definition) is 3. The van der Waals surface area contributed by atoms with E-state index in [1.54, 1.807) is 35.4 Å². The second kappa shape index (κ2) is 4.43. The molecule has 0 radical (unpaired) electrons. The first-order valence-corrected chi connectivity index (χ1v) is 4.48. The molecule has 0 aliphatic carbocycles. The van der Waals surface area contributed by atoms with Gasteiger partial charge in [-0.3, -0.25) is 0 Å². The normalized spacial score (nSPS) is 9.50. The molecule has 0 saturated heterocycles. The predicted octanol–water partition coefficient (Wildman–Crippen LogP) is 2.03. The fourth-order valence-corrected chi connectivity index (χ4v) is 1.30. The van der Waals surface area contributed by atoms with Crippen LogP contribution in [0.2, 0.25) is 0 Å². The Balaban J connectivity index is 0.000000980. The topological polar surface area (TPSA) is 56.7 Å². The van der Waals surface area contributed by atoms with Gasteiger partial charge in [-0.15, -0.1) is 12.4 Å². The average molecular weight is 276 g/mol. The molecule has 0 aliphatic rings. The third-order valence-corrected chi connectivity index (χ3v) is 1.99. The monoisotopic (exact) mass is 274 g/mol. The molecule has 0 amide bonds. The molecule has 0 fully saturated rings. The zero-order chi connectivity index (χ0) is 9.26. The van der Waals surface area contributed by atoms with E-state index in [4.69, 9.17) is 5.73 Å². The Morgan fingerprint density at radius 2 is 2.21 bits per heavy atom. The quantitative estimate of drug-likeness (QED) is 0.866. The molecule has 0 unspecified atom stereocenters. The molecule has 2 rings (SSSR count). The zero-order valence-corrected chi connectivity index (χ0v) is 9.49. The molecule has 6 heteroatoms. The molecule has 0 spiro atoms. The summed E-state index contributed by atoms with van der Waals surface area (Å²) in [5, 5.41) is 4.07. The number of nitrogens with two attached hydrogens (primary N) is 1. The fraction of sp³-hybridized carbons (Fsp3) is 0. The highest BCUT2D eigenvalue weighted by Crippen LogP contribution is 2.15. The second-order valence-corrected chi connectivity index (χ2v) is 3.44. The Morgan fingerprint density at radius 1 is 1.43 bits per heavy atom. The molecule has 2 aromatic rings. The van der Waals surface area contributed by atoms with Crippen LogP contribution in [0.25, 0.3) is 5.82 Å². The van der Waals surface area contributed by atoms with E-state index in [1.807, 2.05) is 0 Å². The SMILES string of the molecule is Cl.Nc1cccnc1-n1cc(Br)cn1. The Labute approximate surface area is 95.7 Å². The number of aromatic nitrogens is 3. The second-order valence-electron chi connectivity index (χ2n) is 2.52. The minimum atomic E-state index is 0. The molecule has 0 bridgehead atoms. The van der Waals surface area contributed by atoms with Gasteiger partial charge in [-0.2, -0.15) is 5.10 Å². The smallest absolute Gasteiger partial charge is 0.176 e. The summed E-state index contributed by atoms with van der Waals surface area (Å²) in [6.45, 7) is 0. The minimum absolute atomic E-state index is 0. The number of nitrogens with zero attached hydrogens (tertiary/aromatic N) is 3. The summed E-state index contributed by atoms with van der Waals surface area (Å²) in [7, 11) is 0. The molecule has 0 aromatic carbocycles. The zero-order valence-electron chi connectivity index (χ0n) is 7.09. The molecule has 2 N–H and O–H groups in total. The van der Waals surface area contributed by atoms with Gasteiger partial charge >= 0.3 is 0 Å². The van der Waals surface area contributed by atoms with Crippen molar-refractivity contribution in [2.45, 2.75) is 0 Å². The number of anilines is 1. The Morgan fingerprint density at radius 3 is 2.79 bits per heavy atom. The summed E-state index contributed by atoms with van der Waals surface area (Å²) in [5.41, 5.74) is 6.33. The van der Waals surface area contributed by atoms with E-state index in [2.05, 4.69) is 26.0 Å². The van der Waals surface area contributed by atoms with Gasteiger partial charge in [0.15, 0.2) is 5.82 Å². The Kier molecular flexibility index (Phi) is 3.49. The van der Waals surface area contributed by atoms with Gasteiger partial charge in [0, 0.05) is 12.4 Å².